The molecular weight excluding hydrogens is 410 g/mol. The molecule has 2 aliphatic rings. The lowest BCUT2D eigenvalue weighted by Gasteiger charge is -2.26. The smallest absolute Gasteiger partial charge is 0.273 e. The van der Waals surface area contributed by atoms with Gasteiger partial charge < -0.3 is 14.4 Å². The average molecular weight is 435 g/mol. The Morgan fingerprint density at radius 1 is 1.00 bits per heavy atom. The van der Waals surface area contributed by atoms with Gasteiger partial charge in [-0.1, -0.05) is 18.2 Å². The molecule has 32 heavy (non-hydrogen) atoms. The van der Waals surface area contributed by atoms with Crippen LogP contribution in [-0.2, 0) is 11.3 Å². The quantitative estimate of drug-likeness (QED) is 0.680. The molecule has 166 valence electrons. The van der Waals surface area contributed by atoms with Crippen LogP contribution in [0.5, 0.6) is 11.5 Å². The first-order valence-corrected chi connectivity index (χ1v) is 11.0. The maximum absolute atomic E-state index is 13.1. The van der Waals surface area contributed by atoms with Crippen LogP contribution in [0.1, 0.15) is 37.3 Å². The predicted octanol–water partition coefficient (Wildman–Crippen LogP) is 2.60. The van der Waals surface area contributed by atoms with Gasteiger partial charge in [-0.15, -0.1) is 0 Å². The zero-order valence-electron chi connectivity index (χ0n) is 17.7. The number of H-pyrrole nitrogens is 1. The Balaban J connectivity index is 1.33. The van der Waals surface area contributed by atoms with E-state index in [4.69, 9.17) is 9.47 Å². The Labute approximate surface area is 184 Å². The lowest BCUT2D eigenvalue weighted by atomic mass is 10.0. The molecule has 0 spiro atoms. The van der Waals surface area contributed by atoms with Crippen molar-refractivity contribution < 1.29 is 14.3 Å². The number of nitrogens with one attached hydrogen (secondary N) is 1. The first kappa shape index (κ1) is 20.4. The standard InChI is InChI=1S/C24H25N3O5/c28-22(10-12-27-24(30)18-6-2-1-5-17(18)23(29)25-27)26-11-3-7-19(26)16-8-9-20-21(15-16)32-14-4-13-31-20/h1-2,5-6,8-9,15,19H,3-4,7,10-14H2,(H,25,29)/t19-/m0/s1. The summed E-state index contributed by atoms with van der Waals surface area (Å²) in [5, 5.41) is 3.31. The summed E-state index contributed by atoms with van der Waals surface area (Å²) in [6.45, 7) is 2.04. The average Bonchev–Trinajstić information content (AvgIpc) is 3.19. The molecule has 3 aromatic rings. The van der Waals surface area contributed by atoms with Crippen LogP contribution >= 0.6 is 0 Å². The summed E-state index contributed by atoms with van der Waals surface area (Å²) in [7, 11) is 0. The molecule has 8 nitrogen and oxygen atoms in total. The van der Waals surface area contributed by atoms with Gasteiger partial charge in [-0.05, 0) is 42.7 Å². The molecule has 1 fully saturated rings. The van der Waals surface area contributed by atoms with E-state index in [1.165, 1.54) is 4.68 Å². The predicted molar refractivity (Wildman–Crippen MR) is 119 cm³/mol. The zero-order valence-corrected chi connectivity index (χ0v) is 17.7. The third-order valence-corrected chi connectivity index (χ3v) is 6.16. The molecule has 0 unspecified atom stereocenters. The number of aryl methyl sites for hydroxylation is 1. The summed E-state index contributed by atoms with van der Waals surface area (Å²) in [5.74, 6) is 1.42. The van der Waals surface area contributed by atoms with Crippen molar-refractivity contribution in [3.05, 3.63) is 68.7 Å². The second-order valence-corrected chi connectivity index (χ2v) is 8.20. The van der Waals surface area contributed by atoms with Crippen LogP contribution in [0, 0.1) is 0 Å². The number of carbonyl (C=O) groups excluding carboxylic acids is 1. The topological polar surface area (TPSA) is 93.6 Å². The Morgan fingerprint density at radius 3 is 2.62 bits per heavy atom. The van der Waals surface area contributed by atoms with E-state index in [0.717, 1.165) is 36.3 Å². The molecule has 2 aromatic carbocycles. The van der Waals surface area contributed by atoms with Crippen LogP contribution < -0.4 is 20.6 Å². The summed E-state index contributed by atoms with van der Waals surface area (Å²) < 4.78 is 12.8. The van der Waals surface area contributed by atoms with Gasteiger partial charge in [0, 0.05) is 19.4 Å². The molecule has 1 saturated heterocycles. The van der Waals surface area contributed by atoms with Gasteiger partial charge in [0.2, 0.25) is 5.91 Å². The summed E-state index contributed by atoms with van der Waals surface area (Å²) in [5.41, 5.74) is 0.393. The second kappa shape index (κ2) is 8.53. The third kappa shape index (κ3) is 3.77. The SMILES string of the molecule is O=C(CCn1[nH]c(=O)c2ccccc2c1=O)N1CCC[C@H]1c1ccc2c(c1)OCCCO2. The summed E-state index contributed by atoms with van der Waals surface area (Å²) >= 11 is 0. The van der Waals surface area contributed by atoms with Crippen LogP contribution in [0.3, 0.4) is 0 Å². The number of aromatic nitrogens is 2. The van der Waals surface area contributed by atoms with E-state index in [1.54, 1.807) is 24.3 Å². The number of likely N-dealkylation sites (tertiary alicyclic amines) is 1. The van der Waals surface area contributed by atoms with Crippen molar-refractivity contribution in [3.63, 3.8) is 0 Å². The summed E-state index contributed by atoms with van der Waals surface area (Å²) in [4.78, 5) is 39.9. The van der Waals surface area contributed by atoms with Gasteiger partial charge in [0.25, 0.3) is 11.1 Å². The number of benzene rings is 2. The fourth-order valence-electron chi connectivity index (χ4n) is 4.55. The number of ether oxygens (including phenoxy) is 2. The Kier molecular flexibility index (Phi) is 5.43. The van der Waals surface area contributed by atoms with Gasteiger partial charge in [0.05, 0.1) is 36.6 Å². The van der Waals surface area contributed by atoms with Crippen molar-refractivity contribution >= 4 is 16.7 Å². The number of hydrogen-bond donors (Lipinski definition) is 1. The number of carbonyl (C=O) groups is 1. The van der Waals surface area contributed by atoms with E-state index >= 15 is 0 Å². The first-order valence-electron chi connectivity index (χ1n) is 11.0. The molecule has 0 radical (unpaired) electrons. The second-order valence-electron chi connectivity index (χ2n) is 8.20. The van der Waals surface area contributed by atoms with Gasteiger partial charge in [-0.3, -0.25) is 19.5 Å². The number of rotatable bonds is 4. The highest BCUT2D eigenvalue weighted by Crippen LogP contribution is 2.38. The third-order valence-electron chi connectivity index (χ3n) is 6.16. The minimum absolute atomic E-state index is 0.0352. The van der Waals surface area contributed by atoms with Crippen LogP contribution in [0.4, 0.5) is 0 Å². The van der Waals surface area contributed by atoms with Crippen LogP contribution in [0.2, 0.25) is 0 Å². The molecular formula is C24H25N3O5. The number of hydrogen-bond acceptors (Lipinski definition) is 5. The van der Waals surface area contributed by atoms with Gasteiger partial charge in [0.15, 0.2) is 11.5 Å². The maximum atomic E-state index is 13.1. The lowest BCUT2D eigenvalue weighted by molar-refractivity contribution is -0.132. The van der Waals surface area contributed by atoms with Gasteiger partial charge in [0.1, 0.15) is 0 Å². The normalized spacial score (nSPS) is 18.0. The van der Waals surface area contributed by atoms with Crippen molar-refractivity contribution in [2.75, 3.05) is 19.8 Å². The molecule has 1 aromatic heterocycles. The highest BCUT2D eigenvalue weighted by Gasteiger charge is 2.30. The van der Waals surface area contributed by atoms with E-state index in [9.17, 15) is 14.4 Å². The monoisotopic (exact) mass is 435 g/mol. The van der Waals surface area contributed by atoms with E-state index < -0.39 is 0 Å². The highest BCUT2D eigenvalue weighted by molar-refractivity contribution is 5.80. The van der Waals surface area contributed by atoms with E-state index in [-0.39, 0.29) is 36.0 Å². The molecule has 8 heteroatoms. The molecule has 5 rings (SSSR count). The van der Waals surface area contributed by atoms with Crippen LogP contribution in [0.25, 0.3) is 10.8 Å². The van der Waals surface area contributed by atoms with E-state index in [0.29, 0.717) is 30.5 Å². The van der Waals surface area contributed by atoms with Crippen LogP contribution in [-0.4, -0.2) is 40.3 Å². The number of fused-ring (bicyclic) bond motifs is 2. The number of aromatic amines is 1. The lowest BCUT2D eigenvalue weighted by Crippen LogP contribution is -2.34. The summed E-state index contributed by atoms with van der Waals surface area (Å²) in [6, 6.07) is 12.5. The van der Waals surface area contributed by atoms with Crippen molar-refractivity contribution in [3.8, 4) is 11.5 Å². The molecule has 3 heterocycles. The highest BCUT2D eigenvalue weighted by atomic mass is 16.5. The van der Waals surface area contributed by atoms with Gasteiger partial charge in [-0.25, -0.2) is 4.68 Å². The zero-order chi connectivity index (χ0) is 22.1. The Morgan fingerprint density at radius 2 is 1.78 bits per heavy atom. The number of amides is 1. The molecule has 2 aliphatic heterocycles. The van der Waals surface area contributed by atoms with Gasteiger partial charge in [-0.2, -0.15) is 0 Å². The van der Waals surface area contributed by atoms with Crippen molar-refractivity contribution in [2.24, 2.45) is 0 Å². The van der Waals surface area contributed by atoms with Crippen LogP contribution in [0.15, 0.2) is 52.1 Å². The Hall–Kier alpha value is -3.55. The fraction of sp³-hybridized carbons (Fsp3) is 0.375. The molecule has 0 saturated carbocycles. The van der Waals surface area contributed by atoms with Crippen molar-refractivity contribution in [2.45, 2.75) is 38.3 Å². The number of nitrogens with zero attached hydrogens (tertiary/aromatic N) is 2. The summed E-state index contributed by atoms with van der Waals surface area (Å²) in [6.07, 6.45) is 2.76. The largest absolute Gasteiger partial charge is 0.490 e. The fourth-order valence-corrected chi connectivity index (χ4v) is 4.55. The van der Waals surface area contributed by atoms with E-state index in [1.807, 2.05) is 23.1 Å². The first-order chi connectivity index (χ1) is 15.6. The van der Waals surface area contributed by atoms with E-state index in [2.05, 4.69) is 5.10 Å². The molecule has 0 bridgehead atoms. The minimum Gasteiger partial charge on any atom is -0.490 e. The maximum Gasteiger partial charge on any atom is 0.273 e. The molecule has 1 N–H and O–H groups in total. The van der Waals surface area contributed by atoms with Crippen molar-refractivity contribution in [1.82, 2.24) is 14.7 Å². The molecule has 1 atom stereocenters. The molecule has 0 aliphatic carbocycles. The van der Waals surface area contributed by atoms with Crippen molar-refractivity contribution in [1.29, 1.82) is 0 Å². The minimum atomic E-state index is -0.334. The Bertz CT molecular complexity index is 1280. The van der Waals surface area contributed by atoms with Gasteiger partial charge >= 0.3 is 0 Å². The molecule has 1 amide bonds.